The molecular formula is C11H8BrClO. The highest BCUT2D eigenvalue weighted by Gasteiger charge is 2.00. The van der Waals surface area contributed by atoms with Gasteiger partial charge in [-0.05, 0) is 17.5 Å². The van der Waals surface area contributed by atoms with Crippen molar-refractivity contribution in [2.45, 2.75) is 0 Å². The number of hydrogen-bond donors (Lipinski definition) is 0. The molecule has 0 aliphatic carbocycles. The van der Waals surface area contributed by atoms with Crippen LogP contribution in [0.1, 0.15) is 0 Å². The van der Waals surface area contributed by atoms with Gasteiger partial charge < -0.3 is 4.79 Å². The Bertz CT molecular complexity index is 405. The molecule has 14 heavy (non-hydrogen) atoms. The molecule has 0 unspecified atom stereocenters. The minimum absolute atomic E-state index is 0.792. The zero-order valence-corrected chi connectivity index (χ0v) is 9.68. The molecule has 1 nitrogen and oxygen atoms in total. The summed E-state index contributed by atoms with van der Waals surface area (Å²) in [6.07, 6.45) is 0. The van der Waals surface area contributed by atoms with Gasteiger partial charge in [-0.3, -0.25) is 0 Å². The van der Waals surface area contributed by atoms with Crippen LogP contribution < -0.4 is 0 Å². The van der Waals surface area contributed by atoms with Crippen molar-refractivity contribution in [3.05, 3.63) is 45.9 Å². The van der Waals surface area contributed by atoms with Gasteiger partial charge in [-0.15, -0.1) is 0 Å². The van der Waals surface area contributed by atoms with E-state index in [4.69, 9.17) is 16.4 Å². The monoisotopic (exact) mass is 270 g/mol. The van der Waals surface area contributed by atoms with E-state index in [1.165, 1.54) is 0 Å². The van der Waals surface area contributed by atoms with Crippen LogP contribution in [0.5, 0.6) is 0 Å². The molecule has 2 rings (SSSR count). The lowest BCUT2D eigenvalue weighted by molar-refractivity contribution is -0.0979. The highest BCUT2D eigenvalue weighted by atomic mass is 79.9. The van der Waals surface area contributed by atoms with E-state index in [0.29, 0.717) is 0 Å². The van der Waals surface area contributed by atoms with Gasteiger partial charge in [0.2, 0.25) is 0 Å². The molecule has 2 aromatic carbocycles. The van der Waals surface area contributed by atoms with Crippen molar-refractivity contribution >= 4 is 45.1 Å². The van der Waals surface area contributed by atoms with Gasteiger partial charge in [0.1, 0.15) is 6.79 Å². The molecule has 3 heteroatoms. The molecule has 0 bridgehead atoms. The molecule has 0 atom stereocenters. The molecule has 0 saturated heterocycles. The van der Waals surface area contributed by atoms with E-state index >= 15 is 0 Å². The Kier molecular flexibility index (Phi) is 4.11. The fourth-order valence-corrected chi connectivity index (χ4v) is 2.24. The van der Waals surface area contributed by atoms with Crippen LogP contribution in [0.2, 0.25) is 5.02 Å². The van der Waals surface area contributed by atoms with Gasteiger partial charge in [0.15, 0.2) is 0 Å². The molecule has 0 spiro atoms. The smallest absolute Gasteiger partial charge is 0.106 e. The summed E-state index contributed by atoms with van der Waals surface area (Å²) in [5, 5.41) is 3.04. The second-order valence-electron chi connectivity index (χ2n) is 2.58. The number of halogens is 2. The molecule has 72 valence electrons. The van der Waals surface area contributed by atoms with Gasteiger partial charge in [0.05, 0.1) is 0 Å². The molecule has 0 aromatic heterocycles. The van der Waals surface area contributed by atoms with E-state index in [9.17, 15) is 0 Å². The number of carbonyl (C=O) groups is 1. The van der Waals surface area contributed by atoms with Crippen molar-refractivity contribution in [1.82, 2.24) is 0 Å². The summed E-state index contributed by atoms with van der Waals surface area (Å²) in [6.45, 7) is 2.00. The lowest BCUT2D eigenvalue weighted by Gasteiger charge is -2.01. The average Bonchev–Trinajstić information content (AvgIpc) is 2.21. The van der Waals surface area contributed by atoms with E-state index in [1.807, 2.05) is 43.2 Å². The van der Waals surface area contributed by atoms with Gasteiger partial charge >= 0.3 is 0 Å². The van der Waals surface area contributed by atoms with Crippen LogP contribution in [0.4, 0.5) is 0 Å². The second-order valence-corrected chi connectivity index (χ2v) is 3.84. The summed E-state index contributed by atoms with van der Waals surface area (Å²) in [5.74, 6) is 0. The Morgan fingerprint density at radius 3 is 2.21 bits per heavy atom. The number of benzene rings is 2. The molecule has 0 N–H and O–H groups in total. The maximum atomic E-state index is 8.00. The van der Waals surface area contributed by atoms with Crippen molar-refractivity contribution in [2.75, 3.05) is 0 Å². The van der Waals surface area contributed by atoms with Crippen molar-refractivity contribution in [2.24, 2.45) is 0 Å². The van der Waals surface area contributed by atoms with Crippen LogP contribution in [-0.2, 0) is 4.79 Å². The average molecular weight is 272 g/mol. The fourth-order valence-electron chi connectivity index (χ4n) is 1.25. The fraction of sp³-hybridized carbons (Fsp3) is 0. The summed E-state index contributed by atoms with van der Waals surface area (Å²) >= 11 is 9.50. The third kappa shape index (κ3) is 2.14. The van der Waals surface area contributed by atoms with Crippen LogP contribution in [0.15, 0.2) is 40.9 Å². The molecule has 0 radical (unpaired) electrons. The molecule has 2 aromatic rings. The number of fused-ring (bicyclic) bond motifs is 1. The molecule has 0 fully saturated rings. The summed E-state index contributed by atoms with van der Waals surface area (Å²) in [6, 6.07) is 11.9. The second kappa shape index (κ2) is 5.13. The Morgan fingerprint density at radius 1 is 1.07 bits per heavy atom. The van der Waals surface area contributed by atoms with Crippen molar-refractivity contribution < 1.29 is 4.79 Å². The van der Waals surface area contributed by atoms with Crippen LogP contribution >= 0.6 is 27.5 Å². The summed E-state index contributed by atoms with van der Waals surface area (Å²) < 4.78 is 1.05. The van der Waals surface area contributed by atoms with E-state index in [0.717, 1.165) is 20.3 Å². The van der Waals surface area contributed by atoms with Crippen molar-refractivity contribution in [3.63, 3.8) is 0 Å². The van der Waals surface area contributed by atoms with Gasteiger partial charge in [0, 0.05) is 14.9 Å². The first-order valence-corrected chi connectivity index (χ1v) is 5.08. The maximum Gasteiger partial charge on any atom is 0.106 e. The lowest BCUT2D eigenvalue weighted by Crippen LogP contribution is -1.74. The Balaban J connectivity index is 0.000000461. The summed E-state index contributed by atoms with van der Waals surface area (Å²) in [7, 11) is 0. The predicted molar refractivity (Wildman–Crippen MR) is 63.8 cm³/mol. The molecule has 0 amide bonds. The quantitative estimate of drug-likeness (QED) is 0.706. The number of hydrogen-bond acceptors (Lipinski definition) is 1. The summed E-state index contributed by atoms with van der Waals surface area (Å²) in [4.78, 5) is 8.00. The number of rotatable bonds is 0. The largest absolute Gasteiger partial charge is 0.307 e. The van der Waals surface area contributed by atoms with E-state index in [2.05, 4.69) is 15.9 Å². The zero-order valence-electron chi connectivity index (χ0n) is 7.34. The molecule has 0 aliphatic heterocycles. The lowest BCUT2D eigenvalue weighted by atomic mass is 10.1. The van der Waals surface area contributed by atoms with E-state index in [1.54, 1.807) is 0 Å². The van der Waals surface area contributed by atoms with Gasteiger partial charge in [-0.2, -0.15) is 0 Å². The molecule has 0 saturated carbocycles. The topological polar surface area (TPSA) is 17.1 Å². The summed E-state index contributed by atoms with van der Waals surface area (Å²) in [5.41, 5.74) is 0. The first-order valence-electron chi connectivity index (χ1n) is 3.90. The first-order chi connectivity index (χ1) is 6.79. The zero-order chi connectivity index (χ0) is 10.6. The number of carbonyl (C=O) groups excluding carboxylic acids is 1. The SMILES string of the molecule is C=O.Clc1cccc2cccc(Br)c12. The third-order valence-electron chi connectivity index (χ3n) is 1.80. The molecular weight excluding hydrogens is 263 g/mol. The van der Waals surface area contributed by atoms with Crippen LogP contribution in [0.3, 0.4) is 0 Å². The highest BCUT2D eigenvalue weighted by molar-refractivity contribution is 9.10. The minimum atomic E-state index is 0.792. The highest BCUT2D eigenvalue weighted by Crippen LogP contribution is 2.29. The van der Waals surface area contributed by atoms with Gasteiger partial charge in [0.25, 0.3) is 0 Å². The predicted octanol–water partition coefficient (Wildman–Crippen LogP) is 4.07. The minimum Gasteiger partial charge on any atom is -0.307 e. The maximum absolute atomic E-state index is 8.00. The van der Waals surface area contributed by atoms with Crippen molar-refractivity contribution in [1.29, 1.82) is 0 Å². The molecule has 0 heterocycles. The van der Waals surface area contributed by atoms with E-state index in [-0.39, 0.29) is 0 Å². The van der Waals surface area contributed by atoms with E-state index < -0.39 is 0 Å². The van der Waals surface area contributed by atoms with Gasteiger partial charge in [-0.1, -0.05) is 51.8 Å². The Labute approximate surface area is 95.8 Å². The standard InChI is InChI=1S/C10H6BrCl.CH2O/c11-8-5-1-3-7-4-2-6-9(12)10(7)8;1-2/h1-6H;1H2. The van der Waals surface area contributed by atoms with Crippen LogP contribution in [0, 0.1) is 0 Å². The van der Waals surface area contributed by atoms with Crippen LogP contribution in [0.25, 0.3) is 10.8 Å². The third-order valence-corrected chi connectivity index (χ3v) is 2.78. The van der Waals surface area contributed by atoms with Crippen LogP contribution in [-0.4, -0.2) is 6.79 Å². The normalized spacial score (nSPS) is 9.29. The Hall–Kier alpha value is -0.860. The first kappa shape index (κ1) is 11.2. The van der Waals surface area contributed by atoms with Crippen molar-refractivity contribution in [3.8, 4) is 0 Å². The van der Waals surface area contributed by atoms with Gasteiger partial charge in [-0.25, -0.2) is 0 Å². The molecule has 0 aliphatic rings. The Morgan fingerprint density at radius 2 is 1.64 bits per heavy atom.